The molecule has 0 bridgehead atoms. The molecule has 1 rings (SSSR count). The first kappa shape index (κ1) is 10.2. The van der Waals surface area contributed by atoms with Crippen molar-refractivity contribution in [3.8, 4) is 0 Å². The molecular formula is C9H14O4. The lowest BCUT2D eigenvalue weighted by Gasteiger charge is -2.06. The molecule has 4 nitrogen and oxygen atoms in total. The highest BCUT2D eigenvalue weighted by Crippen LogP contribution is 2.28. The average Bonchev–Trinajstić information content (AvgIpc) is 2.88. The Morgan fingerprint density at radius 1 is 1.62 bits per heavy atom. The van der Waals surface area contributed by atoms with E-state index >= 15 is 0 Å². The number of carbonyl (C=O) groups is 2. The average molecular weight is 186 g/mol. The highest BCUT2D eigenvalue weighted by atomic mass is 16.6. The highest BCUT2D eigenvalue weighted by Gasteiger charge is 2.21. The summed E-state index contributed by atoms with van der Waals surface area (Å²) in [6.07, 6.45) is 2.30. The third-order valence-electron chi connectivity index (χ3n) is 1.78. The Kier molecular flexibility index (Phi) is 3.89. The first-order valence-electron chi connectivity index (χ1n) is 4.45. The lowest BCUT2D eigenvalue weighted by atomic mass is 10.4. The summed E-state index contributed by atoms with van der Waals surface area (Å²) in [6, 6.07) is 0. The molecule has 0 aromatic rings. The van der Waals surface area contributed by atoms with Gasteiger partial charge < -0.3 is 9.47 Å². The van der Waals surface area contributed by atoms with E-state index in [-0.39, 0.29) is 6.61 Å². The van der Waals surface area contributed by atoms with Crippen LogP contribution in [0.5, 0.6) is 0 Å². The van der Waals surface area contributed by atoms with Crippen molar-refractivity contribution in [2.45, 2.75) is 25.9 Å². The van der Waals surface area contributed by atoms with Crippen LogP contribution in [0.3, 0.4) is 0 Å². The fraction of sp³-hybridized carbons (Fsp3) is 0.778. The van der Waals surface area contributed by atoms with Crippen LogP contribution in [0.4, 0.5) is 0 Å². The molecule has 74 valence electrons. The van der Waals surface area contributed by atoms with Crippen molar-refractivity contribution >= 4 is 12.3 Å². The van der Waals surface area contributed by atoms with E-state index in [1.807, 2.05) is 0 Å². The summed E-state index contributed by atoms with van der Waals surface area (Å²) in [7, 11) is 0. The molecule has 0 radical (unpaired) electrons. The summed E-state index contributed by atoms with van der Waals surface area (Å²) in [4.78, 5) is 21.0. The largest absolute Gasteiger partial charge is 0.453 e. The predicted octanol–water partition coefficient (Wildman–Crippen LogP) is 0.544. The lowest BCUT2D eigenvalue weighted by Crippen LogP contribution is -2.20. The zero-order chi connectivity index (χ0) is 9.68. The molecular weight excluding hydrogens is 172 g/mol. The minimum absolute atomic E-state index is 0.0469. The van der Waals surface area contributed by atoms with Crippen LogP contribution in [-0.2, 0) is 19.1 Å². The van der Waals surface area contributed by atoms with Gasteiger partial charge in [0.2, 0.25) is 0 Å². The number of hydrogen-bond donors (Lipinski definition) is 0. The third-order valence-corrected chi connectivity index (χ3v) is 1.78. The Hall–Kier alpha value is -0.900. The van der Waals surface area contributed by atoms with Crippen molar-refractivity contribution in [3.63, 3.8) is 0 Å². The van der Waals surface area contributed by atoms with E-state index in [2.05, 4.69) is 4.74 Å². The summed E-state index contributed by atoms with van der Waals surface area (Å²) in [5.74, 6) is 0.163. The SMILES string of the molecule is CC(C=O)OC(=O)COCC1CC1. The monoisotopic (exact) mass is 186 g/mol. The molecule has 1 aliphatic rings. The molecule has 1 fully saturated rings. The molecule has 1 aliphatic carbocycles. The van der Waals surface area contributed by atoms with Crippen LogP contribution in [0.1, 0.15) is 19.8 Å². The summed E-state index contributed by atoms with van der Waals surface area (Å²) in [5, 5.41) is 0. The van der Waals surface area contributed by atoms with E-state index in [0.29, 0.717) is 18.8 Å². The van der Waals surface area contributed by atoms with Crippen molar-refractivity contribution in [3.05, 3.63) is 0 Å². The lowest BCUT2D eigenvalue weighted by molar-refractivity contribution is -0.155. The Bertz CT molecular complexity index is 186. The number of ether oxygens (including phenoxy) is 2. The first-order valence-corrected chi connectivity index (χ1v) is 4.45. The Morgan fingerprint density at radius 3 is 2.85 bits per heavy atom. The molecule has 0 amide bonds. The van der Waals surface area contributed by atoms with E-state index in [0.717, 1.165) is 0 Å². The van der Waals surface area contributed by atoms with Crippen LogP contribution in [0.15, 0.2) is 0 Å². The summed E-state index contributed by atoms with van der Waals surface area (Å²) >= 11 is 0. The van der Waals surface area contributed by atoms with Crippen LogP contribution in [-0.4, -0.2) is 31.6 Å². The molecule has 0 aromatic carbocycles. The van der Waals surface area contributed by atoms with E-state index in [1.165, 1.54) is 19.8 Å². The number of aldehydes is 1. The van der Waals surface area contributed by atoms with Crippen molar-refractivity contribution in [1.82, 2.24) is 0 Å². The first-order chi connectivity index (χ1) is 6.22. The zero-order valence-corrected chi connectivity index (χ0v) is 7.69. The maximum atomic E-state index is 10.9. The van der Waals surface area contributed by atoms with Gasteiger partial charge in [0.1, 0.15) is 6.61 Å². The van der Waals surface area contributed by atoms with Gasteiger partial charge in [-0.15, -0.1) is 0 Å². The number of hydrogen-bond acceptors (Lipinski definition) is 4. The van der Waals surface area contributed by atoms with Crippen molar-refractivity contribution in [1.29, 1.82) is 0 Å². The fourth-order valence-electron chi connectivity index (χ4n) is 0.863. The van der Waals surface area contributed by atoms with Crippen LogP contribution in [0, 0.1) is 5.92 Å². The minimum Gasteiger partial charge on any atom is -0.453 e. The van der Waals surface area contributed by atoms with Gasteiger partial charge in [0.15, 0.2) is 12.4 Å². The van der Waals surface area contributed by atoms with E-state index in [1.54, 1.807) is 0 Å². The van der Waals surface area contributed by atoms with E-state index in [4.69, 9.17) is 4.74 Å². The molecule has 1 unspecified atom stereocenters. The summed E-state index contributed by atoms with van der Waals surface area (Å²) in [6.45, 7) is 2.10. The molecule has 1 atom stereocenters. The Balaban J connectivity index is 1.99. The molecule has 1 saturated carbocycles. The molecule has 0 N–H and O–H groups in total. The third kappa shape index (κ3) is 4.62. The van der Waals surface area contributed by atoms with Gasteiger partial charge in [-0.3, -0.25) is 4.79 Å². The van der Waals surface area contributed by atoms with Crippen LogP contribution in [0.2, 0.25) is 0 Å². The smallest absolute Gasteiger partial charge is 0.332 e. The molecule has 4 heteroatoms. The Labute approximate surface area is 77.2 Å². The normalized spacial score (nSPS) is 17.9. The zero-order valence-electron chi connectivity index (χ0n) is 7.69. The van der Waals surface area contributed by atoms with Gasteiger partial charge in [-0.25, -0.2) is 4.79 Å². The number of carbonyl (C=O) groups excluding carboxylic acids is 2. The van der Waals surface area contributed by atoms with Crippen LogP contribution < -0.4 is 0 Å². The maximum absolute atomic E-state index is 10.9. The van der Waals surface area contributed by atoms with Gasteiger partial charge in [-0.1, -0.05) is 0 Å². The topological polar surface area (TPSA) is 52.6 Å². The van der Waals surface area contributed by atoms with Gasteiger partial charge in [0, 0.05) is 0 Å². The molecule has 0 spiro atoms. The summed E-state index contributed by atoms with van der Waals surface area (Å²) in [5.41, 5.74) is 0. The quantitative estimate of drug-likeness (QED) is 0.449. The maximum Gasteiger partial charge on any atom is 0.332 e. The van der Waals surface area contributed by atoms with Crippen LogP contribution in [0.25, 0.3) is 0 Å². The predicted molar refractivity (Wildman–Crippen MR) is 45.2 cm³/mol. The van der Waals surface area contributed by atoms with Gasteiger partial charge in [0.25, 0.3) is 0 Å². The van der Waals surface area contributed by atoms with Crippen LogP contribution >= 0.6 is 0 Å². The Morgan fingerprint density at radius 2 is 2.31 bits per heavy atom. The number of rotatable bonds is 6. The van der Waals surface area contributed by atoms with E-state index < -0.39 is 12.1 Å². The molecule has 0 heterocycles. The van der Waals surface area contributed by atoms with Crippen molar-refractivity contribution < 1.29 is 19.1 Å². The number of esters is 1. The van der Waals surface area contributed by atoms with Gasteiger partial charge in [0.05, 0.1) is 6.61 Å². The van der Waals surface area contributed by atoms with Gasteiger partial charge >= 0.3 is 5.97 Å². The van der Waals surface area contributed by atoms with Crippen molar-refractivity contribution in [2.24, 2.45) is 5.92 Å². The molecule has 13 heavy (non-hydrogen) atoms. The standard InChI is InChI=1S/C9H14O4/c1-7(4-10)13-9(11)6-12-5-8-2-3-8/h4,7-8H,2-3,5-6H2,1H3. The fourth-order valence-corrected chi connectivity index (χ4v) is 0.863. The van der Waals surface area contributed by atoms with Gasteiger partial charge in [-0.2, -0.15) is 0 Å². The summed E-state index contributed by atoms with van der Waals surface area (Å²) < 4.78 is 9.74. The second-order valence-electron chi connectivity index (χ2n) is 3.29. The van der Waals surface area contributed by atoms with Crippen molar-refractivity contribution in [2.75, 3.05) is 13.2 Å². The van der Waals surface area contributed by atoms with Gasteiger partial charge in [-0.05, 0) is 25.7 Å². The minimum atomic E-state index is -0.669. The molecule has 0 aliphatic heterocycles. The second-order valence-corrected chi connectivity index (χ2v) is 3.29. The molecule has 0 saturated heterocycles. The highest BCUT2D eigenvalue weighted by molar-refractivity contribution is 5.73. The van der Waals surface area contributed by atoms with E-state index in [9.17, 15) is 9.59 Å². The second kappa shape index (κ2) is 4.97. The molecule has 0 aromatic heterocycles.